The standard InChI is InChI=1S/C19H20N2O4/c20-15(19(23)24)9-10-18(22)25-12-11-21-16-7-3-1-5-13(16)14-6-2-4-8-17(14)21/h1-8,15H,9-12,20H2,(H,23,24). The minimum Gasteiger partial charge on any atom is -0.480 e. The molecule has 0 aliphatic carbocycles. The number of rotatable bonds is 7. The third-order valence-electron chi connectivity index (χ3n) is 4.23. The van der Waals surface area contributed by atoms with Crippen molar-refractivity contribution in [3.8, 4) is 0 Å². The molecular formula is C19H20N2O4. The predicted molar refractivity (Wildman–Crippen MR) is 95.2 cm³/mol. The van der Waals surface area contributed by atoms with Gasteiger partial charge in [0.15, 0.2) is 0 Å². The quantitative estimate of drug-likeness (QED) is 0.645. The summed E-state index contributed by atoms with van der Waals surface area (Å²) in [5, 5.41) is 11.0. The molecule has 0 saturated heterocycles. The van der Waals surface area contributed by atoms with E-state index in [-0.39, 0.29) is 19.4 Å². The van der Waals surface area contributed by atoms with Crippen molar-refractivity contribution in [3.63, 3.8) is 0 Å². The number of fused-ring (bicyclic) bond motifs is 3. The van der Waals surface area contributed by atoms with Crippen molar-refractivity contribution in [2.24, 2.45) is 5.73 Å². The Morgan fingerprint density at radius 1 is 1.04 bits per heavy atom. The molecule has 1 atom stereocenters. The SMILES string of the molecule is NC(CCC(=O)OCCn1c2ccccc2c2ccccc21)C(=O)O. The summed E-state index contributed by atoms with van der Waals surface area (Å²) >= 11 is 0. The lowest BCUT2D eigenvalue weighted by Crippen LogP contribution is -2.30. The van der Waals surface area contributed by atoms with Gasteiger partial charge in [-0.15, -0.1) is 0 Å². The first kappa shape index (κ1) is 17.0. The van der Waals surface area contributed by atoms with E-state index >= 15 is 0 Å². The Kier molecular flexibility index (Phi) is 5.00. The number of carbonyl (C=O) groups is 2. The molecule has 3 N–H and O–H groups in total. The van der Waals surface area contributed by atoms with Crippen LogP contribution in [0.25, 0.3) is 21.8 Å². The summed E-state index contributed by atoms with van der Waals surface area (Å²) in [6.45, 7) is 0.758. The largest absolute Gasteiger partial charge is 0.480 e. The van der Waals surface area contributed by atoms with E-state index in [1.54, 1.807) is 0 Å². The number of esters is 1. The highest BCUT2D eigenvalue weighted by molar-refractivity contribution is 6.07. The van der Waals surface area contributed by atoms with Crippen LogP contribution in [-0.4, -0.2) is 34.3 Å². The second kappa shape index (κ2) is 7.36. The Hall–Kier alpha value is -2.86. The highest BCUT2D eigenvalue weighted by Gasteiger charge is 2.14. The number of carbonyl (C=O) groups excluding carboxylic acids is 1. The van der Waals surface area contributed by atoms with Crippen LogP contribution in [0.15, 0.2) is 48.5 Å². The van der Waals surface area contributed by atoms with Gasteiger partial charge in [-0.3, -0.25) is 9.59 Å². The van der Waals surface area contributed by atoms with Crippen molar-refractivity contribution in [1.29, 1.82) is 0 Å². The van der Waals surface area contributed by atoms with Gasteiger partial charge in [0.1, 0.15) is 12.6 Å². The average molecular weight is 340 g/mol. The van der Waals surface area contributed by atoms with Gasteiger partial charge >= 0.3 is 11.9 Å². The van der Waals surface area contributed by atoms with E-state index in [4.69, 9.17) is 15.6 Å². The van der Waals surface area contributed by atoms with Crippen molar-refractivity contribution in [3.05, 3.63) is 48.5 Å². The van der Waals surface area contributed by atoms with Crippen LogP contribution in [0, 0.1) is 0 Å². The summed E-state index contributed by atoms with van der Waals surface area (Å²) in [4.78, 5) is 22.4. The molecule has 0 spiro atoms. The Balaban J connectivity index is 1.67. The zero-order valence-electron chi connectivity index (χ0n) is 13.7. The number of nitrogens with zero attached hydrogens (tertiary/aromatic N) is 1. The van der Waals surface area contributed by atoms with Gasteiger partial charge in [0.05, 0.1) is 6.54 Å². The first-order chi connectivity index (χ1) is 12.1. The molecule has 0 radical (unpaired) electrons. The molecule has 2 aromatic carbocycles. The number of benzene rings is 2. The van der Waals surface area contributed by atoms with E-state index in [1.807, 2.05) is 36.4 Å². The number of aromatic nitrogens is 1. The summed E-state index contributed by atoms with van der Waals surface area (Å²) in [6, 6.07) is 15.2. The lowest BCUT2D eigenvalue weighted by Gasteiger charge is -2.09. The summed E-state index contributed by atoms with van der Waals surface area (Å²) in [7, 11) is 0. The van der Waals surface area contributed by atoms with Gasteiger partial charge < -0.3 is 20.1 Å². The summed E-state index contributed by atoms with van der Waals surface area (Å²) in [6.07, 6.45) is 0.0736. The number of carboxylic acid groups (broad SMARTS) is 1. The zero-order chi connectivity index (χ0) is 17.8. The third-order valence-corrected chi connectivity index (χ3v) is 4.23. The molecule has 0 saturated carbocycles. The van der Waals surface area contributed by atoms with E-state index in [9.17, 15) is 9.59 Å². The van der Waals surface area contributed by atoms with Crippen molar-refractivity contribution < 1.29 is 19.4 Å². The first-order valence-electron chi connectivity index (χ1n) is 8.18. The maximum Gasteiger partial charge on any atom is 0.320 e. The molecule has 130 valence electrons. The molecule has 25 heavy (non-hydrogen) atoms. The van der Waals surface area contributed by atoms with Crippen LogP contribution in [-0.2, 0) is 20.9 Å². The second-order valence-electron chi connectivity index (χ2n) is 5.89. The van der Waals surface area contributed by atoms with Crippen LogP contribution in [0.2, 0.25) is 0 Å². The molecule has 1 heterocycles. The molecule has 3 rings (SSSR count). The number of hydrogen-bond acceptors (Lipinski definition) is 4. The molecule has 3 aromatic rings. The van der Waals surface area contributed by atoms with E-state index in [0.29, 0.717) is 6.54 Å². The maximum atomic E-state index is 11.7. The highest BCUT2D eigenvalue weighted by Crippen LogP contribution is 2.28. The fraction of sp³-hybridized carbons (Fsp3) is 0.263. The normalized spacial score (nSPS) is 12.4. The maximum absolute atomic E-state index is 11.7. The molecule has 0 amide bonds. The van der Waals surface area contributed by atoms with Gasteiger partial charge in [-0.2, -0.15) is 0 Å². The molecule has 6 heteroatoms. The summed E-state index contributed by atoms with van der Waals surface area (Å²) < 4.78 is 7.36. The predicted octanol–water partition coefficient (Wildman–Crippen LogP) is 2.53. The molecule has 1 aromatic heterocycles. The number of carboxylic acids is 1. The molecule has 0 fully saturated rings. The molecule has 0 bridgehead atoms. The van der Waals surface area contributed by atoms with Crippen LogP contribution in [0.4, 0.5) is 0 Å². The van der Waals surface area contributed by atoms with Crippen LogP contribution < -0.4 is 5.73 Å². The van der Waals surface area contributed by atoms with Gasteiger partial charge in [-0.05, 0) is 18.6 Å². The van der Waals surface area contributed by atoms with Crippen LogP contribution >= 0.6 is 0 Å². The second-order valence-corrected chi connectivity index (χ2v) is 5.89. The fourth-order valence-electron chi connectivity index (χ4n) is 2.96. The third kappa shape index (κ3) is 3.64. The van der Waals surface area contributed by atoms with E-state index in [0.717, 1.165) is 21.8 Å². The van der Waals surface area contributed by atoms with Gasteiger partial charge in [-0.1, -0.05) is 36.4 Å². The van der Waals surface area contributed by atoms with E-state index in [1.165, 1.54) is 0 Å². The van der Waals surface area contributed by atoms with Crippen LogP contribution in [0.5, 0.6) is 0 Å². The summed E-state index contributed by atoms with van der Waals surface area (Å²) in [5.74, 6) is -1.55. The van der Waals surface area contributed by atoms with Crippen molar-refractivity contribution in [1.82, 2.24) is 4.57 Å². The Morgan fingerprint density at radius 3 is 2.16 bits per heavy atom. The molecule has 0 aliphatic heterocycles. The van der Waals surface area contributed by atoms with Crippen molar-refractivity contribution in [2.45, 2.75) is 25.4 Å². The number of para-hydroxylation sites is 2. The number of hydrogen-bond donors (Lipinski definition) is 2. The molecule has 6 nitrogen and oxygen atoms in total. The van der Waals surface area contributed by atoms with E-state index < -0.39 is 18.0 Å². The summed E-state index contributed by atoms with van der Waals surface area (Å²) in [5.41, 5.74) is 7.56. The zero-order valence-corrected chi connectivity index (χ0v) is 13.7. The lowest BCUT2D eigenvalue weighted by atomic mass is 10.2. The smallest absolute Gasteiger partial charge is 0.320 e. The minimum atomic E-state index is -1.11. The number of nitrogens with two attached hydrogens (primary N) is 1. The van der Waals surface area contributed by atoms with Crippen molar-refractivity contribution >= 4 is 33.7 Å². The highest BCUT2D eigenvalue weighted by atomic mass is 16.5. The lowest BCUT2D eigenvalue weighted by molar-refractivity contribution is -0.144. The number of aliphatic carboxylic acids is 1. The number of ether oxygens (including phenoxy) is 1. The molecule has 0 aliphatic rings. The molecule has 1 unspecified atom stereocenters. The van der Waals surface area contributed by atoms with Gasteiger partial charge in [0.25, 0.3) is 0 Å². The first-order valence-corrected chi connectivity index (χ1v) is 8.18. The Bertz CT molecular complexity index is 863. The fourth-order valence-corrected chi connectivity index (χ4v) is 2.96. The van der Waals surface area contributed by atoms with Gasteiger partial charge in [0, 0.05) is 28.2 Å². The minimum absolute atomic E-state index is 0.000636. The Morgan fingerprint density at radius 2 is 1.60 bits per heavy atom. The Labute approximate surface area is 144 Å². The molecular weight excluding hydrogens is 320 g/mol. The van der Waals surface area contributed by atoms with Crippen LogP contribution in [0.3, 0.4) is 0 Å². The van der Waals surface area contributed by atoms with Crippen LogP contribution in [0.1, 0.15) is 12.8 Å². The monoisotopic (exact) mass is 340 g/mol. The topological polar surface area (TPSA) is 94.6 Å². The average Bonchev–Trinajstić information content (AvgIpc) is 2.94. The van der Waals surface area contributed by atoms with Gasteiger partial charge in [0.2, 0.25) is 0 Å². The van der Waals surface area contributed by atoms with Crippen molar-refractivity contribution in [2.75, 3.05) is 6.61 Å². The van der Waals surface area contributed by atoms with Gasteiger partial charge in [-0.25, -0.2) is 0 Å². The van der Waals surface area contributed by atoms with E-state index in [2.05, 4.69) is 16.7 Å².